The molecule has 84 valence electrons. The number of fused-ring (bicyclic) bond motifs is 3. The lowest BCUT2D eigenvalue weighted by Gasteiger charge is -2.23. The van der Waals surface area contributed by atoms with Crippen LogP contribution in [0.3, 0.4) is 0 Å². The van der Waals surface area contributed by atoms with Crippen molar-refractivity contribution in [1.29, 1.82) is 0 Å². The molecule has 4 rings (SSSR count). The molecule has 1 aromatic carbocycles. The summed E-state index contributed by atoms with van der Waals surface area (Å²) in [5.41, 5.74) is 1.88. The van der Waals surface area contributed by atoms with Gasteiger partial charge in [-0.15, -0.1) is 0 Å². The molecule has 1 atom stereocenters. The summed E-state index contributed by atoms with van der Waals surface area (Å²) in [4.78, 5) is 4.52. The monoisotopic (exact) mass is 225 g/mol. The average Bonchev–Trinajstić information content (AvgIpc) is 2.99. The predicted octanol–water partition coefficient (Wildman–Crippen LogP) is 2.20. The van der Waals surface area contributed by atoms with Crippen LogP contribution < -0.4 is 4.74 Å². The summed E-state index contributed by atoms with van der Waals surface area (Å²) in [6.45, 7) is 1.15. The van der Waals surface area contributed by atoms with Crippen molar-refractivity contribution in [3.8, 4) is 5.75 Å². The Kier molecular flexibility index (Phi) is 1.60. The Hall–Kier alpha value is -2.03. The third kappa shape index (κ3) is 1.08. The molecule has 0 amide bonds. The van der Waals surface area contributed by atoms with Crippen LogP contribution in [0.2, 0.25) is 0 Å². The summed E-state index contributed by atoms with van der Waals surface area (Å²) in [6.07, 6.45) is 5.90. The maximum atomic E-state index is 5.86. The van der Waals surface area contributed by atoms with E-state index in [1.165, 1.54) is 0 Å². The van der Waals surface area contributed by atoms with E-state index in [4.69, 9.17) is 9.47 Å². The zero-order valence-corrected chi connectivity index (χ0v) is 9.22. The lowest BCUT2D eigenvalue weighted by molar-refractivity contribution is 0.272. The quantitative estimate of drug-likeness (QED) is 0.677. The van der Waals surface area contributed by atoms with E-state index in [2.05, 4.69) is 11.1 Å². The van der Waals surface area contributed by atoms with Gasteiger partial charge in [0.25, 0.3) is 0 Å². The van der Waals surface area contributed by atoms with E-state index in [1.807, 2.05) is 36.6 Å². The SMILES string of the molecule is C1=CC2(COC3=C2COc2ccccc23)N=C1. The molecule has 0 saturated carbocycles. The predicted molar refractivity (Wildman–Crippen MR) is 65.2 cm³/mol. The Labute approximate surface area is 99.1 Å². The van der Waals surface area contributed by atoms with Gasteiger partial charge in [-0.3, -0.25) is 4.99 Å². The first-order chi connectivity index (χ1) is 8.39. The normalized spacial score (nSPS) is 28.0. The second-order valence-corrected chi connectivity index (χ2v) is 4.44. The van der Waals surface area contributed by atoms with Crippen molar-refractivity contribution in [2.24, 2.45) is 4.99 Å². The lowest BCUT2D eigenvalue weighted by Crippen LogP contribution is -2.29. The molecular weight excluding hydrogens is 214 g/mol. The van der Waals surface area contributed by atoms with Gasteiger partial charge in [0, 0.05) is 11.8 Å². The molecule has 1 unspecified atom stereocenters. The van der Waals surface area contributed by atoms with Gasteiger partial charge in [-0.2, -0.15) is 0 Å². The fraction of sp³-hybridized carbons (Fsp3) is 0.214. The highest BCUT2D eigenvalue weighted by atomic mass is 16.5. The number of rotatable bonds is 0. The van der Waals surface area contributed by atoms with Crippen LogP contribution in [0.5, 0.6) is 5.75 Å². The van der Waals surface area contributed by atoms with Crippen molar-refractivity contribution in [2.45, 2.75) is 5.54 Å². The van der Waals surface area contributed by atoms with Crippen molar-refractivity contribution in [3.05, 3.63) is 47.6 Å². The van der Waals surface area contributed by atoms with Gasteiger partial charge in [-0.1, -0.05) is 12.1 Å². The van der Waals surface area contributed by atoms with E-state index in [0.717, 1.165) is 22.6 Å². The van der Waals surface area contributed by atoms with E-state index >= 15 is 0 Å². The van der Waals surface area contributed by atoms with Crippen molar-refractivity contribution in [1.82, 2.24) is 0 Å². The molecular formula is C14H11NO2. The summed E-state index contributed by atoms with van der Waals surface area (Å²) in [6, 6.07) is 7.98. The molecule has 0 aliphatic carbocycles. The minimum absolute atomic E-state index is 0.303. The molecule has 0 fully saturated rings. The minimum atomic E-state index is -0.303. The van der Waals surface area contributed by atoms with Crippen LogP contribution >= 0.6 is 0 Å². The highest BCUT2D eigenvalue weighted by molar-refractivity contribution is 5.81. The standard InChI is InChI=1S/C14H11NO2/c1-2-5-12-10(4-1)13-11(8-16-12)14(9-17-13)6-3-7-15-14/h1-7H,8-9H2. The van der Waals surface area contributed by atoms with E-state index < -0.39 is 0 Å². The van der Waals surface area contributed by atoms with Crippen LogP contribution in [0.15, 0.2) is 47.0 Å². The van der Waals surface area contributed by atoms with Gasteiger partial charge in [-0.25, -0.2) is 0 Å². The van der Waals surface area contributed by atoms with Crippen molar-refractivity contribution < 1.29 is 9.47 Å². The molecule has 3 heteroatoms. The molecule has 17 heavy (non-hydrogen) atoms. The van der Waals surface area contributed by atoms with Crippen molar-refractivity contribution in [3.63, 3.8) is 0 Å². The molecule has 1 aromatic rings. The number of allylic oxidation sites excluding steroid dienone is 1. The van der Waals surface area contributed by atoms with Crippen LogP contribution in [-0.2, 0) is 4.74 Å². The molecule has 1 spiro atoms. The molecule has 3 nitrogen and oxygen atoms in total. The van der Waals surface area contributed by atoms with Crippen LogP contribution in [0.1, 0.15) is 5.56 Å². The largest absolute Gasteiger partial charge is 0.489 e. The number of nitrogens with zero attached hydrogens (tertiary/aromatic N) is 1. The second-order valence-electron chi connectivity index (χ2n) is 4.44. The third-order valence-corrected chi connectivity index (χ3v) is 3.50. The first kappa shape index (κ1) is 9.05. The first-order valence-electron chi connectivity index (χ1n) is 5.71. The van der Waals surface area contributed by atoms with E-state index in [-0.39, 0.29) is 5.54 Å². The van der Waals surface area contributed by atoms with Gasteiger partial charge >= 0.3 is 0 Å². The summed E-state index contributed by atoms with van der Waals surface area (Å²) in [5.74, 6) is 1.85. The Morgan fingerprint density at radius 2 is 2.12 bits per heavy atom. The van der Waals surface area contributed by atoms with Crippen molar-refractivity contribution in [2.75, 3.05) is 13.2 Å². The number of aliphatic imine (C=N–C) groups is 1. The summed E-state index contributed by atoms with van der Waals surface area (Å²) < 4.78 is 11.6. The number of benzene rings is 1. The Morgan fingerprint density at radius 1 is 1.18 bits per heavy atom. The summed E-state index contributed by atoms with van der Waals surface area (Å²) in [7, 11) is 0. The van der Waals surface area contributed by atoms with Gasteiger partial charge in [0.2, 0.25) is 0 Å². The number of hydrogen-bond acceptors (Lipinski definition) is 3. The minimum Gasteiger partial charge on any atom is -0.489 e. The zero-order valence-electron chi connectivity index (χ0n) is 9.22. The summed E-state index contributed by atoms with van der Waals surface area (Å²) in [5, 5.41) is 0. The highest BCUT2D eigenvalue weighted by Gasteiger charge is 2.44. The number of ether oxygens (including phenoxy) is 2. The smallest absolute Gasteiger partial charge is 0.141 e. The van der Waals surface area contributed by atoms with E-state index in [1.54, 1.807) is 0 Å². The van der Waals surface area contributed by atoms with Crippen LogP contribution in [0.4, 0.5) is 0 Å². The first-order valence-corrected chi connectivity index (χ1v) is 5.71. The van der Waals surface area contributed by atoms with Crippen LogP contribution in [0, 0.1) is 0 Å². The molecule has 0 bridgehead atoms. The lowest BCUT2D eigenvalue weighted by atomic mass is 9.90. The molecule has 0 saturated heterocycles. The fourth-order valence-electron chi connectivity index (χ4n) is 2.60. The van der Waals surface area contributed by atoms with Gasteiger partial charge in [0.1, 0.15) is 30.3 Å². The van der Waals surface area contributed by atoms with Crippen LogP contribution in [-0.4, -0.2) is 25.0 Å². The maximum absolute atomic E-state index is 5.86. The Morgan fingerprint density at radius 3 is 3.00 bits per heavy atom. The molecule has 0 radical (unpaired) electrons. The molecule has 3 aliphatic rings. The van der Waals surface area contributed by atoms with Gasteiger partial charge in [-0.05, 0) is 24.3 Å². The molecule has 0 N–H and O–H groups in total. The molecule has 3 aliphatic heterocycles. The summed E-state index contributed by atoms with van der Waals surface area (Å²) >= 11 is 0. The zero-order chi connectivity index (χ0) is 11.3. The van der Waals surface area contributed by atoms with Gasteiger partial charge in [0.15, 0.2) is 0 Å². The van der Waals surface area contributed by atoms with Gasteiger partial charge in [0.05, 0.1) is 5.56 Å². The molecule has 3 heterocycles. The van der Waals surface area contributed by atoms with E-state index in [9.17, 15) is 0 Å². The van der Waals surface area contributed by atoms with Gasteiger partial charge < -0.3 is 9.47 Å². The van der Waals surface area contributed by atoms with E-state index in [0.29, 0.717) is 13.2 Å². The topological polar surface area (TPSA) is 30.8 Å². The van der Waals surface area contributed by atoms with Crippen molar-refractivity contribution >= 4 is 12.0 Å². The third-order valence-electron chi connectivity index (χ3n) is 3.50. The number of hydrogen-bond donors (Lipinski definition) is 0. The highest BCUT2D eigenvalue weighted by Crippen LogP contribution is 2.45. The number of para-hydroxylation sites is 1. The Bertz CT molecular complexity index is 572. The maximum Gasteiger partial charge on any atom is 0.141 e. The Balaban J connectivity index is 1.92. The average molecular weight is 225 g/mol. The fourth-order valence-corrected chi connectivity index (χ4v) is 2.60. The molecule has 0 aromatic heterocycles. The van der Waals surface area contributed by atoms with Crippen LogP contribution in [0.25, 0.3) is 5.76 Å². The second kappa shape index (κ2) is 3.00.